The highest BCUT2D eigenvalue weighted by molar-refractivity contribution is 5.76. The van der Waals surface area contributed by atoms with Crippen LogP contribution in [0.4, 0.5) is 0 Å². The number of hydrogen-bond acceptors (Lipinski definition) is 3. The summed E-state index contributed by atoms with van der Waals surface area (Å²) < 4.78 is 0. The lowest BCUT2D eigenvalue weighted by atomic mass is 9.81. The highest BCUT2D eigenvalue weighted by Crippen LogP contribution is 2.30. The van der Waals surface area contributed by atoms with Crippen LogP contribution in [-0.4, -0.2) is 48.2 Å². The van der Waals surface area contributed by atoms with Gasteiger partial charge in [0.25, 0.3) is 0 Å². The molecule has 2 fully saturated rings. The number of carbonyl (C=O) groups excluding carboxylic acids is 1. The maximum atomic E-state index is 12.0. The smallest absolute Gasteiger partial charge is 0.220 e. The van der Waals surface area contributed by atoms with E-state index < -0.39 is 0 Å². The van der Waals surface area contributed by atoms with Gasteiger partial charge in [-0.15, -0.1) is 0 Å². The molecule has 0 spiro atoms. The lowest BCUT2D eigenvalue weighted by Gasteiger charge is -2.29. The Hall–Kier alpha value is -0.610. The molecule has 1 amide bonds. The molecule has 0 aromatic rings. The Morgan fingerprint density at radius 3 is 2.71 bits per heavy atom. The minimum absolute atomic E-state index is 0.0983. The van der Waals surface area contributed by atoms with Gasteiger partial charge < -0.3 is 15.3 Å². The molecule has 1 saturated heterocycles. The van der Waals surface area contributed by atoms with Crippen LogP contribution < -0.4 is 5.32 Å². The molecule has 122 valence electrons. The van der Waals surface area contributed by atoms with Crippen molar-refractivity contribution in [1.82, 2.24) is 10.2 Å². The molecule has 4 nitrogen and oxygen atoms in total. The van der Waals surface area contributed by atoms with Crippen LogP contribution in [0.1, 0.15) is 58.3 Å². The maximum absolute atomic E-state index is 12.0. The van der Waals surface area contributed by atoms with E-state index in [4.69, 9.17) is 0 Å². The zero-order valence-electron chi connectivity index (χ0n) is 13.5. The van der Waals surface area contributed by atoms with Gasteiger partial charge in [0, 0.05) is 26.1 Å². The summed E-state index contributed by atoms with van der Waals surface area (Å²) >= 11 is 0. The van der Waals surface area contributed by atoms with Crippen molar-refractivity contribution in [3.05, 3.63) is 0 Å². The van der Waals surface area contributed by atoms with Crippen molar-refractivity contribution in [2.75, 3.05) is 26.2 Å². The van der Waals surface area contributed by atoms with Crippen molar-refractivity contribution in [3.63, 3.8) is 0 Å². The van der Waals surface area contributed by atoms with E-state index in [0.717, 1.165) is 57.8 Å². The summed E-state index contributed by atoms with van der Waals surface area (Å²) in [7, 11) is 0. The second kappa shape index (κ2) is 8.74. The van der Waals surface area contributed by atoms with Crippen LogP contribution in [0.2, 0.25) is 0 Å². The molecule has 2 aliphatic rings. The second-order valence-electron chi connectivity index (χ2n) is 7.12. The van der Waals surface area contributed by atoms with Crippen molar-refractivity contribution >= 4 is 5.91 Å². The summed E-state index contributed by atoms with van der Waals surface area (Å²) in [6.07, 6.45) is 8.51. The van der Waals surface area contributed by atoms with E-state index in [-0.39, 0.29) is 12.0 Å². The molecule has 4 heteroatoms. The van der Waals surface area contributed by atoms with E-state index in [9.17, 15) is 9.90 Å². The lowest BCUT2D eigenvalue weighted by Crippen LogP contribution is -2.37. The summed E-state index contributed by atoms with van der Waals surface area (Å²) in [4.78, 5) is 14.3. The second-order valence-corrected chi connectivity index (χ2v) is 7.12. The first-order valence-electron chi connectivity index (χ1n) is 8.80. The Morgan fingerprint density at radius 1 is 1.24 bits per heavy atom. The SMILES string of the molecule is CC1CCCC(CC(=O)NCCCN2CCC(O)CC2)C1. The number of nitrogens with zero attached hydrogens (tertiary/aromatic N) is 1. The Kier molecular flexibility index (Phi) is 6.97. The molecule has 2 unspecified atom stereocenters. The molecule has 21 heavy (non-hydrogen) atoms. The van der Waals surface area contributed by atoms with E-state index in [2.05, 4.69) is 17.1 Å². The van der Waals surface area contributed by atoms with Crippen molar-refractivity contribution in [2.24, 2.45) is 11.8 Å². The average molecular weight is 296 g/mol. The fourth-order valence-corrected chi connectivity index (χ4v) is 3.75. The monoisotopic (exact) mass is 296 g/mol. The van der Waals surface area contributed by atoms with Gasteiger partial charge in [0.05, 0.1) is 6.10 Å². The van der Waals surface area contributed by atoms with E-state index in [1.807, 2.05) is 0 Å². The van der Waals surface area contributed by atoms with Gasteiger partial charge in [-0.2, -0.15) is 0 Å². The Bertz CT molecular complexity index is 314. The maximum Gasteiger partial charge on any atom is 0.220 e. The van der Waals surface area contributed by atoms with Crippen LogP contribution >= 0.6 is 0 Å². The Labute approximate surface area is 129 Å². The standard InChI is InChI=1S/C17H32N2O2/c1-14-4-2-5-15(12-14)13-17(21)18-8-3-9-19-10-6-16(20)7-11-19/h14-16,20H,2-13H2,1H3,(H,18,21). The number of nitrogens with one attached hydrogen (secondary N) is 1. The predicted octanol–water partition coefficient (Wildman–Crippen LogP) is 2.17. The number of aliphatic hydroxyl groups excluding tert-OH is 1. The summed E-state index contributed by atoms with van der Waals surface area (Å²) in [6, 6.07) is 0. The van der Waals surface area contributed by atoms with Crippen LogP contribution in [-0.2, 0) is 4.79 Å². The van der Waals surface area contributed by atoms with Crippen LogP contribution in [0, 0.1) is 11.8 Å². The number of aliphatic hydroxyl groups is 1. The van der Waals surface area contributed by atoms with E-state index in [0.29, 0.717) is 5.92 Å². The number of rotatable bonds is 6. The van der Waals surface area contributed by atoms with Gasteiger partial charge in [0.2, 0.25) is 5.91 Å². The molecule has 0 aromatic heterocycles. The van der Waals surface area contributed by atoms with Crippen LogP contribution in [0.25, 0.3) is 0 Å². The first kappa shape index (κ1) is 16.8. The highest BCUT2D eigenvalue weighted by Gasteiger charge is 2.21. The molecule has 1 aliphatic carbocycles. The first-order valence-corrected chi connectivity index (χ1v) is 8.80. The molecule has 1 heterocycles. The van der Waals surface area contributed by atoms with E-state index in [1.54, 1.807) is 0 Å². The van der Waals surface area contributed by atoms with E-state index >= 15 is 0 Å². The third-order valence-corrected chi connectivity index (χ3v) is 5.05. The van der Waals surface area contributed by atoms with Crippen LogP contribution in [0.3, 0.4) is 0 Å². The molecular weight excluding hydrogens is 264 g/mol. The van der Waals surface area contributed by atoms with Gasteiger partial charge in [0.15, 0.2) is 0 Å². The minimum atomic E-state index is -0.0983. The van der Waals surface area contributed by atoms with Crippen molar-refractivity contribution in [1.29, 1.82) is 0 Å². The van der Waals surface area contributed by atoms with Crippen molar-refractivity contribution in [3.8, 4) is 0 Å². The third-order valence-electron chi connectivity index (χ3n) is 5.05. The summed E-state index contributed by atoms with van der Waals surface area (Å²) in [5.74, 6) is 1.64. The number of carbonyl (C=O) groups is 1. The molecule has 0 radical (unpaired) electrons. The molecular formula is C17H32N2O2. The molecule has 2 N–H and O–H groups in total. The number of hydrogen-bond donors (Lipinski definition) is 2. The average Bonchev–Trinajstić information content (AvgIpc) is 2.45. The summed E-state index contributed by atoms with van der Waals surface area (Å²) in [6.45, 7) is 6.12. The lowest BCUT2D eigenvalue weighted by molar-refractivity contribution is -0.122. The van der Waals surface area contributed by atoms with Gasteiger partial charge >= 0.3 is 0 Å². The summed E-state index contributed by atoms with van der Waals surface area (Å²) in [5.41, 5.74) is 0. The largest absolute Gasteiger partial charge is 0.393 e. The topological polar surface area (TPSA) is 52.6 Å². The van der Waals surface area contributed by atoms with Gasteiger partial charge in [-0.3, -0.25) is 4.79 Å². The highest BCUT2D eigenvalue weighted by atomic mass is 16.3. The number of likely N-dealkylation sites (tertiary alicyclic amines) is 1. The molecule has 0 aromatic carbocycles. The van der Waals surface area contributed by atoms with Gasteiger partial charge in [-0.1, -0.05) is 19.8 Å². The molecule has 2 atom stereocenters. The van der Waals surface area contributed by atoms with Gasteiger partial charge in [0.1, 0.15) is 0 Å². The quantitative estimate of drug-likeness (QED) is 0.739. The van der Waals surface area contributed by atoms with Crippen LogP contribution in [0.5, 0.6) is 0 Å². The van der Waals surface area contributed by atoms with Crippen LogP contribution in [0.15, 0.2) is 0 Å². The Morgan fingerprint density at radius 2 is 2.00 bits per heavy atom. The first-order chi connectivity index (χ1) is 10.1. The van der Waals surface area contributed by atoms with E-state index in [1.165, 1.54) is 25.7 Å². The van der Waals surface area contributed by atoms with Crippen molar-refractivity contribution in [2.45, 2.75) is 64.4 Å². The fraction of sp³-hybridized carbons (Fsp3) is 0.941. The molecule has 1 aliphatic heterocycles. The predicted molar refractivity (Wildman–Crippen MR) is 85.0 cm³/mol. The third kappa shape index (κ3) is 6.35. The minimum Gasteiger partial charge on any atom is -0.393 e. The number of piperidine rings is 1. The zero-order valence-corrected chi connectivity index (χ0v) is 13.5. The van der Waals surface area contributed by atoms with Gasteiger partial charge in [-0.25, -0.2) is 0 Å². The Balaban J connectivity index is 1.51. The zero-order chi connectivity index (χ0) is 15.1. The molecule has 1 saturated carbocycles. The normalized spacial score (nSPS) is 28.5. The number of amides is 1. The van der Waals surface area contributed by atoms with Crippen molar-refractivity contribution < 1.29 is 9.90 Å². The van der Waals surface area contributed by atoms with Gasteiger partial charge in [-0.05, 0) is 50.5 Å². The molecule has 2 rings (SSSR count). The fourth-order valence-electron chi connectivity index (χ4n) is 3.75. The summed E-state index contributed by atoms with van der Waals surface area (Å²) in [5, 5.41) is 12.5. The molecule has 0 bridgehead atoms.